The van der Waals surface area contributed by atoms with Gasteiger partial charge in [0.25, 0.3) is 0 Å². The van der Waals surface area contributed by atoms with Crippen LogP contribution < -0.4 is 5.32 Å². The first-order valence-corrected chi connectivity index (χ1v) is 8.09. The van der Waals surface area contributed by atoms with Gasteiger partial charge in [-0.3, -0.25) is 10.1 Å². The summed E-state index contributed by atoms with van der Waals surface area (Å²) in [7, 11) is 0. The fourth-order valence-electron chi connectivity index (χ4n) is 2.88. The van der Waals surface area contributed by atoms with Gasteiger partial charge in [0.1, 0.15) is 0 Å². The summed E-state index contributed by atoms with van der Waals surface area (Å²) in [4.78, 5) is 14.9. The van der Waals surface area contributed by atoms with E-state index >= 15 is 0 Å². The maximum Gasteiger partial charge on any atom is 0.244 e. The highest BCUT2D eigenvalue weighted by Crippen LogP contribution is 2.30. The van der Waals surface area contributed by atoms with E-state index in [1.165, 1.54) is 0 Å². The van der Waals surface area contributed by atoms with Crippen molar-refractivity contribution in [3.8, 4) is 0 Å². The minimum atomic E-state index is -0.417. The second-order valence-electron chi connectivity index (χ2n) is 6.32. The molecule has 0 aliphatic carbocycles. The Hall–Kier alpha value is -0.610. The zero-order chi connectivity index (χ0) is 15.3. The number of ether oxygens (including phenoxy) is 1. The van der Waals surface area contributed by atoms with Crippen LogP contribution in [-0.2, 0) is 9.53 Å². The van der Waals surface area contributed by atoms with Crippen molar-refractivity contribution in [3.05, 3.63) is 0 Å². The monoisotopic (exact) mass is 284 g/mol. The lowest BCUT2D eigenvalue weighted by Crippen LogP contribution is -2.49. The third-order valence-electron chi connectivity index (χ3n) is 4.42. The number of rotatable bonds is 8. The number of hydrogen-bond acceptors (Lipinski definition) is 3. The average molecular weight is 284 g/mol. The third kappa shape index (κ3) is 3.53. The van der Waals surface area contributed by atoms with Crippen molar-refractivity contribution < 1.29 is 9.53 Å². The summed E-state index contributed by atoms with van der Waals surface area (Å²) in [5.41, 5.74) is -0.417. The first kappa shape index (κ1) is 17.4. The molecule has 0 bridgehead atoms. The van der Waals surface area contributed by atoms with Crippen LogP contribution in [0.2, 0.25) is 0 Å². The van der Waals surface area contributed by atoms with Crippen LogP contribution >= 0.6 is 0 Å². The van der Waals surface area contributed by atoms with E-state index in [-0.39, 0.29) is 18.1 Å². The van der Waals surface area contributed by atoms with Gasteiger partial charge in [-0.05, 0) is 32.6 Å². The molecule has 1 amide bonds. The topological polar surface area (TPSA) is 41.6 Å². The average Bonchev–Trinajstić information content (AvgIpc) is 2.64. The van der Waals surface area contributed by atoms with E-state index in [1.54, 1.807) is 0 Å². The number of hydrogen-bond donors (Lipinski definition) is 1. The van der Waals surface area contributed by atoms with Gasteiger partial charge in [0.15, 0.2) is 0 Å². The Bertz CT molecular complexity index is 320. The van der Waals surface area contributed by atoms with Gasteiger partial charge in [-0.2, -0.15) is 0 Å². The van der Waals surface area contributed by atoms with E-state index in [4.69, 9.17) is 4.74 Å². The van der Waals surface area contributed by atoms with Gasteiger partial charge < -0.3 is 9.64 Å². The van der Waals surface area contributed by atoms with E-state index in [0.717, 1.165) is 19.3 Å². The first-order valence-electron chi connectivity index (χ1n) is 8.09. The van der Waals surface area contributed by atoms with Crippen molar-refractivity contribution in [2.24, 2.45) is 5.92 Å². The summed E-state index contributed by atoms with van der Waals surface area (Å²) in [5.74, 6) is 0.628. The lowest BCUT2D eigenvalue weighted by molar-refractivity contribution is -0.137. The van der Waals surface area contributed by atoms with E-state index in [2.05, 4.69) is 37.9 Å². The van der Waals surface area contributed by atoms with Crippen LogP contribution in [0.3, 0.4) is 0 Å². The van der Waals surface area contributed by atoms with Crippen LogP contribution in [0.15, 0.2) is 0 Å². The normalized spacial score (nSPS) is 28.4. The molecule has 1 heterocycles. The van der Waals surface area contributed by atoms with Gasteiger partial charge in [-0.1, -0.05) is 34.1 Å². The van der Waals surface area contributed by atoms with Crippen molar-refractivity contribution in [3.63, 3.8) is 0 Å². The molecule has 1 aliphatic rings. The minimum Gasteiger partial charge on any atom is -0.380 e. The molecule has 1 saturated heterocycles. The van der Waals surface area contributed by atoms with Crippen LogP contribution in [-0.4, -0.2) is 41.8 Å². The Balaban J connectivity index is 2.98. The van der Waals surface area contributed by atoms with E-state index in [0.29, 0.717) is 19.1 Å². The molecule has 0 aromatic carbocycles. The molecule has 4 heteroatoms. The maximum atomic E-state index is 12.9. The molecule has 1 aliphatic heterocycles. The number of carbonyl (C=O) groups is 1. The number of amides is 1. The highest BCUT2D eigenvalue weighted by molar-refractivity contribution is 5.88. The number of carbonyl (C=O) groups excluding carboxylic acids is 1. The van der Waals surface area contributed by atoms with E-state index in [9.17, 15) is 4.79 Å². The maximum absolute atomic E-state index is 12.9. The molecule has 0 spiro atoms. The molecule has 3 unspecified atom stereocenters. The summed E-state index contributed by atoms with van der Waals surface area (Å²) in [5, 5.41) is 3.55. The summed E-state index contributed by atoms with van der Waals surface area (Å²) < 4.78 is 5.62. The molecule has 1 rings (SSSR count). The quantitative estimate of drug-likeness (QED) is 0.745. The smallest absolute Gasteiger partial charge is 0.244 e. The van der Waals surface area contributed by atoms with Crippen LogP contribution in [0.25, 0.3) is 0 Å². The molecule has 0 aromatic heterocycles. The lowest BCUT2D eigenvalue weighted by Gasteiger charge is -2.35. The molecule has 0 aromatic rings. The fraction of sp³-hybridized carbons (Fsp3) is 0.938. The first-order chi connectivity index (χ1) is 9.41. The molecular weight excluding hydrogens is 252 g/mol. The Morgan fingerprint density at radius 1 is 1.35 bits per heavy atom. The second-order valence-corrected chi connectivity index (χ2v) is 6.32. The molecule has 1 fully saturated rings. The van der Waals surface area contributed by atoms with E-state index in [1.807, 2.05) is 13.8 Å². The van der Waals surface area contributed by atoms with Gasteiger partial charge in [0.05, 0.1) is 24.4 Å². The van der Waals surface area contributed by atoms with Crippen molar-refractivity contribution >= 4 is 5.91 Å². The third-order valence-corrected chi connectivity index (χ3v) is 4.42. The Kier molecular flexibility index (Phi) is 6.46. The Morgan fingerprint density at radius 2 is 2.00 bits per heavy atom. The highest BCUT2D eigenvalue weighted by atomic mass is 16.5. The molecule has 1 N–H and O–H groups in total. The molecule has 4 nitrogen and oxygen atoms in total. The van der Waals surface area contributed by atoms with Gasteiger partial charge in [-0.15, -0.1) is 0 Å². The summed E-state index contributed by atoms with van der Waals surface area (Å²) in [6, 6.07) is 0.153. The van der Waals surface area contributed by atoms with Crippen LogP contribution in [0.1, 0.15) is 60.8 Å². The second kappa shape index (κ2) is 7.41. The minimum absolute atomic E-state index is 0.144. The molecular formula is C16H32N2O2. The standard InChI is InChI=1S/C16H32N2O2/c1-7-10-14-17-16(6,8-2)15(19)18(14)13(12(4)5)11-20-9-3/h12-14,17H,7-11H2,1-6H3. The summed E-state index contributed by atoms with van der Waals surface area (Å²) in [6.07, 6.45) is 3.03. The van der Waals surface area contributed by atoms with Crippen LogP contribution in [0, 0.1) is 5.92 Å². The van der Waals surface area contributed by atoms with Crippen molar-refractivity contribution in [2.75, 3.05) is 13.2 Å². The van der Waals surface area contributed by atoms with Crippen LogP contribution in [0.4, 0.5) is 0 Å². The molecule has 118 valence electrons. The predicted molar refractivity (Wildman–Crippen MR) is 82.5 cm³/mol. The molecule has 20 heavy (non-hydrogen) atoms. The van der Waals surface area contributed by atoms with Crippen molar-refractivity contribution in [2.45, 2.75) is 78.6 Å². The lowest BCUT2D eigenvalue weighted by atomic mass is 9.97. The predicted octanol–water partition coefficient (Wildman–Crippen LogP) is 2.77. The molecule has 3 atom stereocenters. The highest BCUT2D eigenvalue weighted by Gasteiger charge is 2.49. The van der Waals surface area contributed by atoms with Gasteiger partial charge in [0.2, 0.25) is 5.91 Å². The number of nitrogens with zero attached hydrogens (tertiary/aromatic N) is 1. The summed E-state index contributed by atoms with van der Waals surface area (Å²) >= 11 is 0. The fourth-order valence-corrected chi connectivity index (χ4v) is 2.88. The van der Waals surface area contributed by atoms with Crippen molar-refractivity contribution in [1.29, 1.82) is 0 Å². The van der Waals surface area contributed by atoms with Gasteiger partial charge >= 0.3 is 0 Å². The molecule has 0 saturated carbocycles. The summed E-state index contributed by atoms with van der Waals surface area (Å²) in [6.45, 7) is 13.9. The van der Waals surface area contributed by atoms with E-state index < -0.39 is 5.54 Å². The number of nitrogens with one attached hydrogen (secondary N) is 1. The molecule has 0 radical (unpaired) electrons. The zero-order valence-corrected chi connectivity index (χ0v) is 14.0. The van der Waals surface area contributed by atoms with Gasteiger partial charge in [-0.25, -0.2) is 0 Å². The van der Waals surface area contributed by atoms with Crippen LogP contribution in [0.5, 0.6) is 0 Å². The van der Waals surface area contributed by atoms with Crippen molar-refractivity contribution in [1.82, 2.24) is 10.2 Å². The SMILES string of the molecule is CCCC1NC(C)(CC)C(=O)N1C(COCC)C(C)C. The largest absolute Gasteiger partial charge is 0.380 e. The van der Waals surface area contributed by atoms with Gasteiger partial charge in [0, 0.05) is 6.61 Å². The Morgan fingerprint density at radius 3 is 2.45 bits per heavy atom. The Labute approximate surface area is 124 Å². The zero-order valence-electron chi connectivity index (χ0n) is 14.0.